The molecular weight excluding hydrogens is 350 g/mol. The first-order chi connectivity index (χ1) is 12.7. The lowest BCUT2D eigenvalue weighted by atomic mass is 10.2. The van der Waals surface area contributed by atoms with Gasteiger partial charge in [0.25, 0.3) is 5.91 Å². The third-order valence-corrected chi connectivity index (χ3v) is 4.92. The van der Waals surface area contributed by atoms with Crippen LogP contribution >= 0.6 is 11.8 Å². The largest absolute Gasteiger partial charge is 0.497 e. The number of benzene rings is 2. The molecule has 0 saturated carbocycles. The molecule has 0 aromatic heterocycles. The molecule has 134 valence electrons. The van der Waals surface area contributed by atoms with Crippen LogP contribution in [0.4, 0.5) is 5.69 Å². The maximum absolute atomic E-state index is 12.4. The van der Waals surface area contributed by atoms with Gasteiger partial charge in [-0.3, -0.25) is 4.79 Å². The Morgan fingerprint density at radius 3 is 2.88 bits per heavy atom. The van der Waals surface area contributed by atoms with Gasteiger partial charge in [0.15, 0.2) is 6.61 Å². The number of anilines is 1. The van der Waals surface area contributed by atoms with Crippen LogP contribution in [-0.2, 0) is 14.3 Å². The molecule has 0 atom stereocenters. The Labute approximate surface area is 156 Å². The third kappa shape index (κ3) is 4.46. The molecule has 2 aromatic rings. The number of thioether (sulfide) groups is 1. The van der Waals surface area contributed by atoms with Crippen molar-refractivity contribution < 1.29 is 19.1 Å². The van der Waals surface area contributed by atoms with E-state index in [1.54, 1.807) is 35.9 Å². The van der Waals surface area contributed by atoms with E-state index in [2.05, 4.69) is 0 Å². The lowest BCUT2D eigenvalue weighted by molar-refractivity contribution is -0.142. The minimum atomic E-state index is -0.555. The standard InChI is InChI=1S/C20H19NO4S/c1-24-16-6-4-5-15(13-16)9-10-20(23)25-14-19(22)21-11-12-26-18-8-3-2-7-17(18)21/h2-10,13H,11-12,14H2,1H3/b10-9+. The minimum Gasteiger partial charge on any atom is -0.497 e. The van der Waals surface area contributed by atoms with Crippen molar-refractivity contribution in [2.45, 2.75) is 4.90 Å². The number of esters is 1. The number of hydrogen-bond donors (Lipinski definition) is 0. The molecule has 1 amide bonds. The second-order valence-electron chi connectivity index (χ2n) is 5.58. The maximum atomic E-state index is 12.4. The Morgan fingerprint density at radius 2 is 2.04 bits per heavy atom. The van der Waals surface area contributed by atoms with Crippen molar-refractivity contribution in [3.05, 3.63) is 60.2 Å². The summed E-state index contributed by atoms with van der Waals surface area (Å²) in [6.07, 6.45) is 2.93. The molecule has 6 heteroatoms. The van der Waals surface area contributed by atoms with E-state index < -0.39 is 5.97 Å². The molecule has 1 aliphatic heterocycles. The monoisotopic (exact) mass is 369 g/mol. The highest BCUT2D eigenvalue weighted by Crippen LogP contribution is 2.34. The van der Waals surface area contributed by atoms with Gasteiger partial charge in [-0.15, -0.1) is 11.8 Å². The van der Waals surface area contributed by atoms with Crippen molar-refractivity contribution in [2.24, 2.45) is 0 Å². The molecule has 1 aliphatic rings. The molecule has 0 fully saturated rings. The topological polar surface area (TPSA) is 55.8 Å². The van der Waals surface area contributed by atoms with Gasteiger partial charge in [0.05, 0.1) is 12.8 Å². The van der Waals surface area contributed by atoms with E-state index in [1.807, 2.05) is 42.5 Å². The fraction of sp³-hybridized carbons (Fsp3) is 0.200. The van der Waals surface area contributed by atoms with Gasteiger partial charge in [-0.1, -0.05) is 24.3 Å². The fourth-order valence-corrected chi connectivity index (χ4v) is 3.59. The average molecular weight is 369 g/mol. The van der Waals surface area contributed by atoms with E-state index in [4.69, 9.17) is 9.47 Å². The molecule has 26 heavy (non-hydrogen) atoms. The van der Waals surface area contributed by atoms with Crippen LogP contribution in [0, 0.1) is 0 Å². The van der Waals surface area contributed by atoms with Crippen molar-refractivity contribution in [1.29, 1.82) is 0 Å². The van der Waals surface area contributed by atoms with Crippen LogP contribution in [0.5, 0.6) is 5.75 Å². The quantitative estimate of drug-likeness (QED) is 0.597. The third-order valence-electron chi connectivity index (χ3n) is 3.87. The predicted octanol–water partition coefficient (Wildman–Crippen LogP) is 3.39. The number of carbonyl (C=O) groups is 2. The van der Waals surface area contributed by atoms with E-state index in [0.29, 0.717) is 12.3 Å². The van der Waals surface area contributed by atoms with E-state index in [-0.39, 0.29) is 12.5 Å². The van der Waals surface area contributed by atoms with E-state index in [9.17, 15) is 9.59 Å². The van der Waals surface area contributed by atoms with Crippen molar-refractivity contribution >= 4 is 35.4 Å². The maximum Gasteiger partial charge on any atom is 0.331 e. The zero-order valence-electron chi connectivity index (χ0n) is 14.4. The molecule has 5 nitrogen and oxygen atoms in total. The summed E-state index contributed by atoms with van der Waals surface area (Å²) in [4.78, 5) is 27.0. The van der Waals surface area contributed by atoms with Crippen LogP contribution in [0.25, 0.3) is 6.08 Å². The first-order valence-electron chi connectivity index (χ1n) is 8.18. The highest BCUT2D eigenvalue weighted by molar-refractivity contribution is 7.99. The van der Waals surface area contributed by atoms with Gasteiger partial charge in [-0.2, -0.15) is 0 Å². The molecular formula is C20H19NO4S. The second kappa shape index (κ2) is 8.58. The van der Waals surface area contributed by atoms with Crippen molar-refractivity contribution in [3.63, 3.8) is 0 Å². The Morgan fingerprint density at radius 1 is 1.19 bits per heavy atom. The van der Waals surface area contributed by atoms with Gasteiger partial charge >= 0.3 is 5.97 Å². The summed E-state index contributed by atoms with van der Waals surface area (Å²) in [5.41, 5.74) is 1.69. The van der Waals surface area contributed by atoms with Gasteiger partial charge in [0.1, 0.15) is 5.75 Å². The van der Waals surface area contributed by atoms with E-state index in [1.165, 1.54) is 6.08 Å². The summed E-state index contributed by atoms with van der Waals surface area (Å²) < 4.78 is 10.2. The summed E-state index contributed by atoms with van der Waals surface area (Å²) in [6.45, 7) is 0.331. The average Bonchev–Trinajstić information content (AvgIpc) is 2.70. The SMILES string of the molecule is COc1cccc(/C=C/C(=O)OCC(=O)N2CCSc3ccccc32)c1. The number of ether oxygens (including phenoxy) is 2. The highest BCUT2D eigenvalue weighted by Gasteiger charge is 2.23. The number of fused-ring (bicyclic) bond motifs is 1. The summed E-state index contributed by atoms with van der Waals surface area (Å²) in [5.74, 6) is 0.756. The van der Waals surface area contributed by atoms with Crippen molar-refractivity contribution in [3.8, 4) is 5.75 Å². The first-order valence-corrected chi connectivity index (χ1v) is 9.17. The van der Waals surface area contributed by atoms with Gasteiger partial charge in [0, 0.05) is 23.3 Å². The summed E-state index contributed by atoms with van der Waals surface area (Å²) in [6, 6.07) is 15.0. The molecule has 0 spiro atoms. The second-order valence-corrected chi connectivity index (χ2v) is 6.72. The zero-order chi connectivity index (χ0) is 18.4. The van der Waals surface area contributed by atoms with Crippen LogP contribution in [-0.4, -0.2) is 37.9 Å². The lowest BCUT2D eigenvalue weighted by Gasteiger charge is -2.28. The smallest absolute Gasteiger partial charge is 0.331 e. The summed E-state index contributed by atoms with van der Waals surface area (Å²) >= 11 is 1.72. The Balaban J connectivity index is 1.56. The number of carbonyl (C=O) groups excluding carboxylic acids is 2. The van der Waals surface area contributed by atoms with Crippen LogP contribution in [0.1, 0.15) is 5.56 Å². The van der Waals surface area contributed by atoms with Gasteiger partial charge in [-0.25, -0.2) is 4.79 Å². The number of methoxy groups -OCH3 is 1. The number of hydrogen-bond acceptors (Lipinski definition) is 5. The van der Waals surface area contributed by atoms with Crippen LogP contribution in [0.3, 0.4) is 0 Å². The highest BCUT2D eigenvalue weighted by atomic mass is 32.2. The number of amides is 1. The first kappa shape index (κ1) is 18.1. The fourth-order valence-electron chi connectivity index (χ4n) is 2.60. The van der Waals surface area contributed by atoms with Crippen LogP contribution in [0.2, 0.25) is 0 Å². The number of nitrogens with zero attached hydrogens (tertiary/aromatic N) is 1. The van der Waals surface area contributed by atoms with E-state index in [0.717, 1.165) is 21.9 Å². The summed E-state index contributed by atoms with van der Waals surface area (Å²) in [5, 5.41) is 0. The van der Waals surface area contributed by atoms with Gasteiger partial charge < -0.3 is 14.4 Å². The Bertz CT molecular complexity index is 834. The molecule has 0 radical (unpaired) electrons. The molecule has 1 heterocycles. The number of rotatable bonds is 5. The molecule has 0 aliphatic carbocycles. The normalized spacial score (nSPS) is 13.3. The molecule has 0 N–H and O–H groups in total. The molecule has 0 unspecified atom stereocenters. The predicted molar refractivity (Wildman–Crippen MR) is 103 cm³/mol. The van der Waals surface area contributed by atoms with Crippen molar-refractivity contribution in [2.75, 3.05) is 30.9 Å². The molecule has 0 bridgehead atoms. The van der Waals surface area contributed by atoms with Crippen molar-refractivity contribution in [1.82, 2.24) is 0 Å². The number of para-hydroxylation sites is 1. The Hall–Kier alpha value is -2.73. The summed E-state index contributed by atoms with van der Waals surface area (Å²) in [7, 11) is 1.58. The van der Waals surface area contributed by atoms with E-state index >= 15 is 0 Å². The van der Waals surface area contributed by atoms with Crippen LogP contribution in [0.15, 0.2) is 59.5 Å². The van der Waals surface area contributed by atoms with Gasteiger partial charge in [0.2, 0.25) is 0 Å². The molecule has 3 rings (SSSR count). The lowest BCUT2D eigenvalue weighted by Crippen LogP contribution is -2.38. The zero-order valence-corrected chi connectivity index (χ0v) is 15.2. The molecule has 2 aromatic carbocycles. The van der Waals surface area contributed by atoms with Crippen LogP contribution < -0.4 is 9.64 Å². The minimum absolute atomic E-state index is 0.221. The van der Waals surface area contributed by atoms with Gasteiger partial charge in [-0.05, 0) is 35.9 Å². The Kier molecular flexibility index (Phi) is 5.96. The molecule has 0 saturated heterocycles.